The van der Waals surface area contributed by atoms with Crippen LogP contribution >= 0.6 is 11.6 Å². The minimum atomic E-state index is -0.240. The lowest BCUT2D eigenvalue weighted by Gasteiger charge is -2.11. The highest BCUT2D eigenvalue weighted by Gasteiger charge is 2.13. The average molecular weight is 397 g/mol. The van der Waals surface area contributed by atoms with Gasteiger partial charge < -0.3 is 10.6 Å². The molecule has 0 aliphatic rings. The second-order valence-corrected chi connectivity index (χ2v) is 7.08. The van der Waals surface area contributed by atoms with Gasteiger partial charge in [0.25, 0.3) is 5.91 Å². The van der Waals surface area contributed by atoms with Gasteiger partial charge >= 0.3 is 0 Å². The third-order valence-corrected chi connectivity index (χ3v) is 4.27. The first kappa shape index (κ1) is 19.6. The first-order valence-electron chi connectivity index (χ1n) is 8.91. The topological polar surface area (TPSA) is 76.0 Å². The molecule has 2 N–H and O–H groups in total. The molecule has 3 rings (SSSR count). The summed E-state index contributed by atoms with van der Waals surface area (Å²) in [5, 5.41) is 10.2. The van der Waals surface area contributed by atoms with Crippen molar-refractivity contribution in [1.29, 1.82) is 0 Å². The van der Waals surface area contributed by atoms with Crippen LogP contribution < -0.4 is 10.6 Å². The van der Waals surface area contributed by atoms with Gasteiger partial charge in [0.2, 0.25) is 5.91 Å². The predicted octanol–water partition coefficient (Wildman–Crippen LogP) is 3.85. The van der Waals surface area contributed by atoms with Crippen molar-refractivity contribution in [3.63, 3.8) is 0 Å². The fourth-order valence-electron chi connectivity index (χ4n) is 2.66. The van der Waals surface area contributed by atoms with Crippen molar-refractivity contribution in [2.75, 3.05) is 5.32 Å². The SMILES string of the molecule is CC(C)NC(=O)c1ccc(Cl)c(NC(=O)Cc2cnn(-c3ccccc3)c2)c1. The average Bonchev–Trinajstić information content (AvgIpc) is 3.12. The molecule has 0 atom stereocenters. The Morgan fingerprint density at radius 2 is 1.89 bits per heavy atom. The largest absolute Gasteiger partial charge is 0.350 e. The third-order valence-electron chi connectivity index (χ3n) is 3.94. The zero-order valence-electron chi connectivity index (χ0n) is 15.6. The van der Waals surface area contributed by atoms with Gasteiger partial charge in [-0.05, 0) is 49.7 Å². The standard InChI is InChI=1S/C21H21ClN4O2/c1-14(2)24-21(28)16-8-9-18(22)19(11-16)25-20(27)10-15-12-23-26(13-15)17-6-4-3-5-7-17/h3-9,11-14H,10H2,1-2H3,(H,24,28)(H,25,27). The summed E-state index contributed by atoms with van der Waals surface area (Å²) < 4.78 is 1.71. The Hall–Kier alpha value is -3.12. The number of amides is 2. The highest BCUT2D eigenvalue weighted by molar-refractivity contribution is 6.33. The zero-order chi connectivity index (χ0) is 20.1. The van der Waals surface area contributed by atoms with Crippen LogP contribution in [0, 0.1) is 0 Å². The summed E-state index contributed by atoms with van der Waals surface area (Å²) >= 11 is 6.17. The number of hydrogen-bond donors (Lipinski definition) is 2. The van der Waals surface area contributed by atoms with Crippen LogP contribution in [0.3, 0.4) is 0 Å². The molecular formula is C21H21ClN4O2. The molecular weight excluding hydrogens is 376 g/mol. The number of nitrogens with one attached hydrogen (secondary N) is 2. The Morgan fingerprint density at radius 3 is 2.61 bits per heavy atom. The number of hydrogen-bond acceptors (Lipinski definition) is 3. The molecule has 3 aromatic rings. The van der Waals surface area contributed by atoms with E-state index in [4.69, 9.17) is 11.6 Å². The van der Waals surface area contributed by atoms with Crippen molar-refractivity contribution in [1.82, 2.24) is 15.1 Å². The first-order valence-corrected chi connectivity index (χ1v) is 9.29. The van der Waals surface area contributed by atoms with Gasteiger partial charge in [-0.15, -0.1) is 0 Å². The maximum Gasteiger partial charge on any atom is 0.251 e. The van der Waals surface area contributed by atoms with Crippen LogP contribution in [-0.2, 0) is 11.2 Å². The van der Waals surface area contributed by atoms with Crippen LogP contribution in [0.2, 0.25) is 5.02 Å². The lowest BCUT2D eigenvalue weighted by molar-refractivity contribution is -0.115. The van der Waals surface area contributed by atoms with Crippen LogP contribution in [0.15, 0.2) is 60.9 Å². The van der Waals surface area contributed by atoms with Crippen molar-refractivity contribution in [3.8, 4) is 5.69 Å². The minimum absolute atomic E-state index is 0.0161. The van der Waals surface area contributed by atoms with Crippen molar-refractivity contribution in [2.24, 2.45) is 0 Å². The normalized spacial score (nSPS) is 10.7. The van der Waals surface area contributed by atoms with E-state index in [0.29, 0.717) is 16.3 Å². The van der Waals surface area contributed by atoms with E-state index in [9.17, 15) is 9.59 Å². The number of para-hydroxylation sites is 1. The van der Waals surface area contributed by atoms with E-state index in [1.807, 2.05) is 50.4 Å². The lowest BCUT2D eigenvalue weighted by atomic mass is 10.1. The molecule has 2 amide bonds. The molecule has 144 valence electrons. The van der Waals surface area contributed by atoms with Gasteiger partial charge in [0.1, 0.15) is 0 Å². The van der Waals surface area contributed by atoms with E-state index >= 15 is 0 Å². The van der Waals surface area contributed by atoms with Crippen molar-refractivity contribution >= 4 is 29.1 Å². The second kappa shape index (κ2) is 8.71. The zero-order valence-corrected chi connectivity index (χ0v) is 16.4. The van der Waals surface area contributed by atoms with Gasteiger partial charge in [-0.2, -0.15) is 5.10 Å². The highest BCUT2D eigenvalue weighted by Crippen LogP contribution is 2.23. The second-order valence-electron chi connectivity index (χ2n) is 6.68. The van der Waals surface area contributed by atoms with E-state index in [0.717, 1.165) is 11.3 Å². The summed E-state index contributed by atoms with van der Waals surface area (Å²) in [4.78, 5) is 24.6. The number of carbonyl (C=O) groups is 2. The van der Waals surface area contributed by atoms with E-state index in [1.165, 1.54) is 0 Å². The van der Waals surface area contributed by atoms with E-state index in [2.05, 4.69) is 15.7 Å². The number of nitrogens with zero attached hydrogens (tertiary/aromatic N) is 2. The van der Waals surface area contributed by atoms with Crippen molar-refractivity contribution in [3.05, 3.63) is 77.1 Å². The van der Waals surface area contributed by atoms with Gasteiger partial charge in [0.15, 0.2) is 0 Å². The van der Waals surface area contributed by atoms with Crippen molar-refractivity contribution < 1.29 is 9.59 Å². The lowest BCUT2D eigenvalue weighted by Crippen LogP contribution is -2.30. The molecule has 6 nitrogen and oxygen atoms in total. The Kier molecular flexibility index (Phi) is 6.11. The fraction of sp³-hybridized carbons (Fsp3) is 0.190. The molecule has 0 bridgehead atoms. The Morgan fingerprint density at radius 1 is 1.14 bits per heavy atom. The molecule has 28 heavy (non-hydrogen) atoms. The minimum Gasteiger partial charge on any atom is -0.350 e. The Balaban J connectivity index is 1.68. The summed E-state index contributed by atoms with van der Waals surface area (Å²) in [6.45, 7) is 3.76. The van der Waals surface area contributed by atoms with Crippen LogP contribution in [0.4, 0.5) is 5.69 Å². The van der Waals surface area contributed by atoms with Crippen LogP contribution in [0.25, 0.3) is 5.69 Å². The van der Waals surface area contributed by atoms with Crippen LogP contribution in [0.5, 0.6) is 0 Å². The van der Waals surface area contributed by atoms with Gasteiger partial charge in [-0.1, -0.05) is 29.8 Å². The third kappa shape index (κ3) is 4.98. The number of halogens is 1. The molecule has 0 fully saturated rings. The quantitative estimate of drug-likeness (QED) is 0.664. The van der Waals surface area contributed by atoms with Gasteiger partial charge in [-0.3, -0.25) is 9.59 Å². The fourth-order valence-corrected chi connectivity index (χ4v) is 2.83. The van der Waals surface area contributed by atoms with Gasteiger partial charge in [-0.25, -0.2) is 4.68 Å². The monoisotopic (exact) mass is 396 g/mol. The number of carbonyl (C=O) groups excluding carboxylic acids is 2. The van der Waals surface area contributed by atoms with E-state index < -0.39 is 0 Å². The van der Waals surface area contributed by atoms with E-state index in [1.54, 1.807) is 29.1 Å². The molecule has 0 unspecified atom stereocenters. The number of aromatic nitrogens is 2. The smallest absolute Gasteiger partial charge is 0.251 e. The molecule has 7 heteroatoms. The Bertz CT molecular complexity index is 983. The predicted molar refractivity (Wildman–Crippen MR) is 110 cm³/mol. The summed E-state index contributed by atoms with van der Waals surface area (Å²) in [7, 11) is 0. The number of anilines is 1. The van der Waals surface area contributed by atoms with E-state index in [-0.39, 0.29) is 24.3 Å². The molecule has 0 aliphatic carbocycles. The molecule has 0 saturated carbocycles. The molecule has 1 aromatic heterocycles. The molecule has 0 spiro atoms. The maximum atomic E-state index is 12.4. The first-order chi connectivity index (χ1) is 13.4. The maximum absolute atomic E-state index is 12.4. The van der Waals surface area contributed by atoms with Crippen LogP contribution in [0.1, 0.15) is 29.8 Å². The van der Waals surface area contributed by atoms with Crippen LogP contribution in [-0.4, -0.2) is 27.6 Å². The highest BCUT2D eigenvalue weighted by atomic mass is 35.5. The summed E-state index contributed by atoms with van der Waals surface area (Å²) in [6, 6.07) is 14.5. The Labute approximate surface area is 168 Å². The molecule has 0 aliphatic heterocycles. The summed E-state index contributed by atoms with van der Waals surface area (Å²) in [5.41, 5.74) is 2.52. The molecule has 0 radical (unpaired) electrons. The molecule has 0 saturated heterocycles. The summed E-state index contributed by atoms with van der Waals surface area (Å²) in [5.74, 6) is -0.456. The van der Waals surface area contributed by atoms with Gasteiger partial charge in [0.05, 0.1) is 29.0 Å². The molecule has 2 aromatic carbocycles. The van der Waals surface area contributed by atoms with Crippen molar-refractivity contribution in [2.45, 2.75) is 26.3 Å². The number of rotatable bonds is 6. The molecule has 1 heterocycles. The van der Waals surface area contributed by atoms with Gasteiger partial charge in [0, 0.05) is 17.8 Å². The number of benzene rings is 2. The summed E-state index contributed by atoms with van der Waals surface area (Å²) in [6.07, 6.45) is 3.61.